The molecule has 3 N–H and O–H groups in total. The summed E-state index contributed by atoms with van der Waals surface area (Å²) >= 11 is 12.5. The van der Waals surface area contributed by atoms with Crippen molar-refractivity contribution in [2.24, 2.45) is 10.7 Å². The fourth-order valence-electron chi connectivity index (χ4n) is 2.29. The summed E-state index contributed by atoms with van der Waals surface area (Å²) in [6.07, 6.45) is 0. The molecule has 1 unspecified atom stereocenters. The van der Waals surface area contributed by atoms with E-state index >= 15 is 0 Å². The Labute approximate surface area is 127 Å². The molecule has 3 nitrogen and oxygen atoms in total. The average Bonchev–Trinajstić information content (AvgIpc) is 2.47. The van der Waals surface area contributed by atoms with Crippen LogP contribution in [0.3, 0.4) is 0 Å². The van der Waals surface area contributed by atoms with Gasteiger partial charge in [-0.25, -0.2) is 4.99 Å². The van der Waals surface area contributed by atoms with E-state index < -0.39 is 0 Å². The van der Waals surface area contributed by atoms with Crippen LogP contribution >= 0.6 is 23.2 Å². The number of para-hydroxylation sites is 1. The molecule has 0 saturated heterocycles. The van der Waals surface area contributed by atoms with Gasteiger partial charge in [-0.05, 0) is 18.2 Å². The number of halogens is 2. The third-order valence-corrected chi connectivity index (χ3v) is 3.91. The normalized spacial score (nSPS) is 17.1. The molecular formula is C15H13Cl2N3. The molecule has 3 rings (SSSR count). The lowest BCUT2D eigenvalue weighted by Crippen LogP contribution is -2.39. The summed E-state index contributed by atoms with van der Waals surface area (Å²) in [5, 5.41) is 4.65. The minimum atomic E-state index is -0.109. The van der Waals surface area contributed by atoms with Gasteiger partial charge in [0.25, 0.3) is 0 Å². The van der Waals surface area contributed by atoms with Crippen LogP contribution in [0, 0.1) is 0 Å². The molecule has 0 fully saturated rings. The van der Waals surface area contributed by atoms with Crippen LogP contribution in [-0.4, -0.2) is 18.3 Å². The fourth-order valence-corrected chi connectivity index (χ4v) is 2.74. The van der Waals surface area contributed by atoms with Crippen LogP contribution in [0.15, 0.2) is 47.5 Å². The van der Waals surface area contributed by atoms with Gasteiger partial charge in [0, 0.05) is 17.1 Å². The Morgan fingerprint density at radius 3 is 2.55 bits per heavy atom. The van der Waals surface area contributed by atoms with Gasteiger partial charge in [0.15, 0.2) is 0 Å². The van der Waals surface area contributed by atoms with Gasteiger partial charge in [0.2, 0.25) is 0 Å². The predicted octanol–water partition coefficient (Wildman–Crippen LogP) is 3.87. The number of nitrogens with two attached hydrogens (primary N) is 1. The van der Waals surface area contributed by atoms with Crippen LogP contribution in [0.5, 0.6) is 0 Å². The molecule has 0 aromatic heterocycles. The van der Waals surface area contributed by atoms with Crippen LogP contribution in [0.1, 0.15) is 5.56 Å². The van der Waals surface area contributed by atoms with E-state index in [0.29, 0.717) is 16.6 Å². The Morgan fingerprint density at radius 1 is 1.05 bits per heavy atom. The van der Waals surface area contributed by atoms with Gasteiger partial charge in [-0.2, -0.15) is 0 Å². The maximum Gasteiger partial charge on any atom is 0.0881 e. The molecule has 0 aliphatic carbocycles. The Balaban J connectivity index is 2.16. The minimum Gasteiger partial charge on any atom is -0.372 e. The number of nitrogens with one attached hydrogen (secondary N) is 1. The lowest BCUT2D eigenvalue weighted by Gasteiger charge is -2.27. The predicted molar refractivity (Wildman–Crippen MR) is 85.6 cm³/mol. The number of hydrogen-bond acceptors (Lipinski definition) is 3. The molecule has 2 aromatic carbocycles. The molecule has 0 spiro atoms. The number of aliphatic imine (C=N–C) groups is 1. The van der Waals surface area contributed by atoms with Crippen molar-refractivity contribution in [3.05, 3.63) is 58.1 Å². The van der Waals surface area contributed by atoms with Crippen molar-refractivity contribution >= 4 is 40.3 Å². The van der Waals surface area contributed by atoms with E-state index in [1.54, 1.807) is 0 Å². The molecule has 1 aliphatic rings. The number of hydrogen-bond donors (Lipinski definition) is 2. The van der Waals surface area contributed by atoms with Gasteiger partial charge >= 0.3 is 0 Å². The van der Waals surface area contributed by atoms with Gasteiger partial charge in [0.1, 0.15) is 0 Å². The van der Waals surface area contributed by atoms with Crippen molar-refractivity contribution in [1.82, 2.24) is 0 Å². The van der Waals surface area contributed by atoms with Crippen molar-refractivity contribution in [1.29, 1.82) is 0 Å². The monoisotopic (exact) mass is 305 g/mol. The van der Waals surface area contributed by atoms with E-state index in [0.717, 1.165) is 22.6 Å². The Morgan fingerprint density at radius 2 is 1.80 bits per heavy atom. The Hall–Kier alpha value is -1.55. The highest BCUT2D eigenvalue weighted by atomic mass is 35.5. The second-order valence-corrected chi connectivity index (χ2v) is 5.36. The van der Waals surface area contributed by atoms with Crippen molar-refractivity contribution in [3.63, 3.8) is 0 Å². The minimum absolute atomic E-state index is 0.109. The summed E-state index contributed by atoms with van der Waals surface area (Å²) in [6.45, 7) is 0.411. The Kier molecular flexibility index (Phi) is 3.66. The molecule has 0 amide bonds. The molecule has 2 aromatic rings. The molecular weight excluding hydrogens is 293 g/mol. The second-order valence-electron chi connectivity index (χ2n) is 4.54. The van der Waals surface area contributed by atoms with Crippen molar-refractivity contribution < 1.29 is 0 Å². The first kappa shape index (κ1) is 13.4. The van der Waals surface area contributed by atoms with Gasteiger partial charge in [-0.3, -0.25) is 0 Å². The largest absolute Gasteiger partial charge is 0.372 e. The second kappa shape index (κ2) is 5.44. The lowest BCUT2D eigenvalue weighted by atomic mass is 10.00. The molecule has 0 bridgehead atoms. The molecule has 0 radical (unpaired) electrons. The van der Waals surface area contributed by atoms with E-state index in [-0.39, 0.29) is 6.04 Å². The zero-order chi connectivity index (χ0) is 14.1. The fraction of sp³-hybridized carbons (Fsp3) is 0.133. The first-order chi connectivity index (χ1) is 9.70. The zero-order valence-electron chi connectivity index (χ0n) is 10.6. The lowest BCUT2D eigenvalue weighted by molar-refractivity contribution is 0.904. The van der Waals surface area contributed by atoms with Crippen molar-refractivity contribution in [2.75, 3.05) is 11.9 Å². The molecule has 1 aliphatic heterocycles. The molecule has 0 saturated carbocycles. The summed E-state index contributed by atoms with van der Waals surface area (Å²) in [5.41, 5.74) is 9.21. The highest BCUT2D eigenvalue weighted by Crippen LogP contribution is 2.37. The van der Waals surface area contributed by atoms with Crippen LogP contribution in [0.2, 0.25) is 10.0 Å². The smallest absolute Gasteiger partial charge is 0.0881 e. The molecule has 20 heavy (non-hydrogen) atoms. The topological polar surface area (TPSA) is 50.4 Å². The average molecular weight is 306 g/mol. The maximum absolute atomic E-state index is 6.26. The first-order valence-corrected chi connectivity index (χ1v) is 7.05. The molecule has 1 atom stereocenters. The van der Waals surface area contributed by atoms with Gasteiger partial charge < -0.3 is 11.1 Å². The van der Waals surface area contributed by atoms with Gasteiger partial charge in [0.05, 0.1) is 28.2 Å². The van der Waals surface area contributed by atoms with Crippen molar-refractivity contribution in [3.8, 4) is 0 Å². The van der Waals surface area contributed by atoms with E-state index in [9.17, 15) is 0 Å². The summed E-state index contributed by atoms with van der Waals surface area (Å²) in [6, 6.07) is 13.1. The van der Waals surface area contributed by atoms with Gasteiger partial charge in [-0.15, -0.1) is 0 Å². The highest BCUT2D eigenvalue weighted by Gasteiger charge is 2.25. The van der Waals surface area contributed by atoms with Crippen LogP contribution in [0.4, 0.5) is 11.4 Å². The highest BCUT2D eigenvalue weighted by molar-refractivity contribution is 6.36. The SMILES string of the molecule is NCC1Nc2c(Cl)cccc2N=C1c1ccccc1Cl. The van der Waals surface area contributed by atoms with Gasteiger partial charge in [-0.1, -0.05) is 47.5 Å². The van der Waals surface area contributed by atoms with E-state index in [1.807, 2.05) is 42.5 Å². The number of rotatable bonds is 2. The third kappa shape index (κ3) is 2.29. The first-order valence-electron chi connectivity index (χ1n) is 6.29. The zero-order valence-corrected chi connectivity index (χ0v) is 12.1. The van der Waals surface area contributed by atoms with Crippen LogP contribution in [0.25, 0.3) is 0 Å². The van der Waals surface area contributed by atoms with E-state index in [4.69, 9.17) is 33.9 Å². The van der Waals surface area contributed by atoms with E-state index in [1.165, 1.54) is 0 Å². The van der Waals surface area contributed by atoms with Crippen LogP contribution in [-0.2, 0) is 0 Å². The van der Waals surface area contributed by atoms with E-state index in [2.05, 4.69) is 5.32 Å². The number of benzene rings is 2. The standard InChI is InChI=1S/C15H13Cl2N3/c16-10-5-2-1-4-9(10)14-13(8-18)20-15-11(17)6-3-7-12(15)19-14/h1-7,13,20H,8,18H2. The molecule has 102 valence electrons. The van der Waals surface area contributed by atoms with Crippen LogP contribution < -0.4 is 11.1 Å². The number of nitrogens with zero attached hydrogens (tertiary/aromatic N) is 1. The molecule has 5 heteroatoms. The quantitative estimate of drug-likeness (QED) is 0.885. The summed E-state index contributed by atoms with van der Waals surface area (Å²) in [7, 11) is 0. The third-order valence-electron chi connectivity index (χ3n) is 3.27. The van der Waals surface area contributed by atoms with Crippen molar-refractivity contribution in [2.45, 2.75) is 6.04 Å². The summed E-state index contributed by atoms with van der Waals surface area (Å²) in [4.78, 5) is 4.69. The number of anilines is 1. The number of fused-ring (bicyclic) bond motifs is 1. The molecule has 1 heterocycles. The summed E-state index contributed by atoms with van der Waals surface area (Å²) < 4.78 is 0. The maximum atomic E-state index is 6.26. The Bertz CT molecular complexity index is 683. The summed E-state index contributed by atoms with van der Waals surface area (Å²) in [5.74, 6) is 0.